The molecule has 0 aliphatic heterocycles. The first-order valence-corrected chi connectivity index (χ1v) is 7.63. The van der Waals surface area contributed by atoms with Crippen LogP contribution in [0.5, 0.6) is 11.5 Å². The summed E-state index contributed by atoms with van der Waals surface area (Å²) >= 11 is 6.87. The maximum absolute atomic E-state index is 5.41. The molecule has 0 N–H and O–H groups in total. The fraction of sp³-hybridized carbons (Fsp3) is 0.273. The van der Waals surface area contributed by atoms with E-state index in [-0.39, 0.29) is 0 Å². The Kier molecular flexibility index (Phi) is 5.62. The zero-order chi connectivity index (χ0) is 12.5. The van der Waals surface area contributed by atoms with E-state index in [0.29, 0.717) is 0 Å². The van der Waals surface area contributed by atoms with Gasteiger partial charge in [0.25, 0.3) is 0 Å². The lowest BCUT2D eigenvalue weighted by atomic mass is 10.1. The van der Waals surface area contributed by atoms with E-state index in [9.17, 15) is 0 Å². The van der Waals surface area contributed by atoms with Gasteiger partial charge in [0.2, 0.25) is 0 Å². The molecule has 0 saturated carbocycles. The van der Waals surface area contributed by atoms with Crippen LogP contribution in [-0.4, -0.2) is 14.2 Å². The Balaban J connectivity index is 3.69. The molecular formula is C11H11I3O2. The highest BCUT2D eigenvalue weighted by Crippen LogP contribution is 2.43. The number of hydrogen-bond donors (Lipinski definition) is 0. The van der Waals surface area contributed by atoms with Gasteiger partial charge in [-0.15, -0.1) is 0 Å². The molecule has 2 nitrogen and oxygen atoms in total. The van der Waals surface area contributed by atoms with Gasteiger partial charge in [0.15, 0.2) is 11.5 Å². The molecule has 1 aromatic carbocycles. The first-order valence-electron chi connectivity index (χ1n) is 4.40. The van der Waals surface area contributed by atoms with Gasteiger partial charge in [-0.3, -0.25) is 0 Å². The molecular weight excluding hydrogens is 545 g/mol. The van der Waals surface area contributed by atoms with Crippen molar-refractivity contribution in [3.05, 3.63) is 22.9 Å². The zero-order valence-corrected chi connectivity index (χ0v) is 15.6. The lowest BCUT2D eigenvalue weighted by Crippen LogP contribution is -2.02. The van der Waals surface area contributed by atoms with Gasteiger partial charge in [-0.2, -0.15) is 0 Å². The second-order valence-corrected chi connectivity index (χ2v) is 6.40. The fourth-order valence-corrected chi connectivity index (χ4v) is 4.78. The fourth-order valence-electron chi connectivity index (χ4n) is 1.36. The number of benzene rings is 1. The Morgan fingerprint density at radius 2 is 1.38 bits per heavy atom. The van der Waals surface area contributed by atoms with Crippen LogP contribution < -0.4 is 9.47 Å². The minimum absolute atomic E-state index is 0.783. The normalized spacial score (nSPS) is 10.1. The molecule has 16 heavy (non-hydrogen) atoms. The molecule has 0 amide bonds. The molecule has 0 aliphatic rings. The van der Waals surface area contributed by atoms with E-state index in [1.54, 1.807) is 14.2 Å². The standard InChI is InChI=1S/C11H11I3O2/c1-5(2)6-7(12)9(14)11(16-4)10(15-3)8(6)13/h1H2,2-4H3. The molecule has 0 heterocycles. The third-order valence-electron chi connectivity index (χ3n) is 2.07. The van der Waals surface area contributed by atoms with Crippen molar-refractivity contribution in [3.8, 4) is 11.5 Å². The molecule has 5 heteroatoms. The summed E-state index contributed by atoms with van der Waals surface area (Å²) in [5, 5.41) is 0. The van der Waals surface area contributed by atoms with Gasteiger partial charge in [0.1, 0.15) is 0 Å². The van der Waals surface area contributed by atoms with E-state index in [1.807, 2.05) is 6.92 Å². The van der Waals surface area contributed by atoms with Crippen molar-refractivity contribution in [2.45, 2.75) is 6.92 Å². The van der Waals surface area contributed by atoms with E-state index in [2.05, 4.69) is 74.4 Å². The number of ether oxygens (including phenoxy) is 2. The molecule has 0 fully saturated rings. The first-order chi connectivity index (χ1) is 7.45. The topological polar surface area (TPSA) is 18.5 Å². The van der Waals surface area contributed by atoms with Gasteiger partial charge in [0.05, 0.1) is 21.4 Å². The van der Waals surface area contributed by atoms with Gasteiger partial charge in [0, 0.05) is 9.13 Å². The number of halogens is 3. The van der Waals surface area contributed by atoms with E-state index >= 15 is 0 Å². The summed E-state index contributed by atoms with van der Waals surface area (Å²) in [6, 6.07) is 0. The molecule has 1 aromatic rings. The van der Waals surface area contributed by atoms with E-state index < -0.39 is 0 Å². The Hall–Kier alpha value is 0.750. The number of hydrogen-bond acceptors (Lipinski definition) is 2. The molecule has 0 atom stereocenters. The van der Waals surface area contributed by atoms with E-state index in [4.69, 9.17) is 9.47 Å². The third kappa shape index (κ3) is 2.60. The molecule has 0 bridgehead atoms. The summed E-state index contributed by atoms with van der Waals surface area (Å²) in [4.78, 5) is 0. The monoisotopic (exact) mass is 556 g/mol. The highest BCUT2D eigenvalue weighted by atomic mass is 127. The Labute approximate surface area is 137 Å². The molecule has 0 spiro atoms. The second kappa shape index (κ2) is 6.07. The molecule has 0 aromatic heterocycles. The summed E-state index contributed by atoms with van der Waals surface area (Å²) in [6.07, 6.45) is 0. The maximum Gasteiger partial charge on any atom is 0.176 e. The van der Waals surface area contributed by atoms with Crippen molar-refractivity contribution < 1.29 is 9.47 Å². The average Bonchev–Trinajstić information content (AvgIpc) is 2.22. The van der Waals surface area contributed by atoms with Crippen LogP contribution in [0.15, 0.2) is 6.58 Å². The first kappa shape index (κ1) is 14.8. The number of rotatable bonds is 3. The lowest BCUT2D eigenvalue weighted by Gasteiger charge is -2.17. The van der Waals surface area contributed by atoms with Crippen molar-refractivity contribution >= 4 is 73.3 Å². The van der Waals surface area contributed by atoms with Crippen LogP contribution in [0.2, 0.25) is 0 Å². The van der Waals surface area contributed by atoms with Gasteiger partial charge in [-0.25, -0.2) is 0 Å². The predicted octanol–water partition coefficient (Wildman–Crippen LogP) is 4.55. The van der Waals surface area contributed by atoms with Crippen LogP contribution in [0.25, 0.3) is 5.57 Å². The van der Waals surface area contributed by atoms with Gasteiger partial charge >= 0.3 is 0 Å². The smallest absolute Gasteiger partial charge is 0.176 e. The van der Waals surface area contributed by atoms with Gasteiger partial charge in [-0.1, -0.05) is 6.58 Å². The van der Waals surface area contributed by atoms with Crippen LogP contribution in [0.4, 0.5) is 0 Å². The van der Waals surface area contributed by atoms with Crippen LogP contribution in [0.1, 0.15) is 12.5 Å². The average molecular weight is 556 g/mol. The summed E-state index contributed by atoms with van der Waals surface area (Å²) in [7, 11) is 3.32. The SMILES string of the molecule is C=C(C)c1c(I)c(I)c(OC)c(OC)c1I. The van der Waals surface area contributed by atoms with Gasteiger partial charge < -0.3 is 9.47 Å². The molecule has 0 unspecified atom stereocenters. The maximum atomic E-state index is 5.41. The minimum atomic E-state index is 0.783. The Morgan fingerprint density at radius 1 is 0.938 bits per heavy atom. The largest absolute Gasteiger partial charge is 0.492 e. The lowest BCUT2D eigenvalue weighted by molar-refractivity contribution is 0.350. The summed E-state index contributed by atoms with van der Waals surface area (Å²) in [5.74, 6) is 1.58. The number of methoxy groups -OCH3 is 2. The van der Waals surface area contributed by atoms with E-state index in [1.165, 1.54) is 0 Å². The third-order valence-corrected chi connectivity index (χ3v) is 6.24. The van der Waals surface area contributed by atoms with Crippen molar-refractivity contribution in [1.82, 2.24) is 0 Å². The molecule has 0 radical (unpaired) electrons. The van der Waals surface area contributed by atoms with Crippen LogP contribution in [0, 0.1) is 10.7 Å². The molecule has 0 saturated heterocycles. The quantitative estimate of drug-likeness (QED) is 0.403. The van der Waals surface area contributed by atoms with Crippen LogP contribution in [0.3, 0.4) is 0 Å². The summed E-state index contributed by atoms with van der Waals surface area (Å²) < 4.78 is 14.1. The summed E-state index contributed by atoms with van der Waals surface area (Å²) in [6.45, 7) is 6.01. The van der Waals surface area contributed by atoms with Crippen molar-refractivity contribution in [2.24, 2.45) is 0 Å². The van der Waals surface area contributed by atoms with Crippen molar-refractivity contribution in [1.29, 1.82) is 0 Å². The molecule has 1 rings (SSSR count). The van der Waals surface area contributed by atoms with E-state index in [0.717, 1.165) is 33.3 Å². The van der Waals surface area contributed by atoms with Crippen LogP contribution in [-0.2, 0) is 0 Å². The predicted molar refractivity (Wildman–Crippen MR) is 92.4 cm³/mol. The van der Waals surface area contributed by atoms with Crippen LogP contribution >= 0.6 is 67.8 Å². The summed E-state index contributed by atoms with van der Waals surface area (Å²) in [5.41, 5.74) is 2.18. The van der Waals surface area contributed by atoms with Gasteiger partial charge in [-0.05, 0) is 80.3 Å². The van der Waals surface area contributed by atoms with Crippen molar-refractivity contribution in [2.75, 3.05) is 14.2 Å². The zero-order valence-electron chi connectivity index (χ0n) is 9.16. The Morgan fingerprint density at radius 3 is 1.75 bits per heavy atom. The second-order valence-electron chi connectivity index (χ2n) is 3.16. The Bertz CT molecular complexity index is 442. The molecule has 0 aliphatic carbocycles. The highest BCUT2D eigenvalue weighted by Gasteiger charge is 2.21. The van der Waals surface area contributed by atoms with Crippen molar-refractivity contribution in [3.63, 3.8) is 0 Å². The number of allylic oxidation sites excluding steroid dienone is 1. The minimum Gasteiger partial charge on any atom is -0.492 e. The molecule has 88 valence electrons. The highest BCUT2D eigenvalue weighted by molar-refractivity contribution is 14.1.